The van der Waals surface area contributed by atoms with Crippen molar-refractivity contribution >= 4 is 11.6 Å². The van der Waals surface area contributed by atoms with Gasteiger partial charge in [0.25, 0.3) is 0 Å². The number of para-hydroxylation sites is 3. The summed E-state index contributed by atoms with van der Waals surface area (Å²) in [5.41, 5.74) is 1.30. The lowest BCUT2D eigenvalue weighted by Crippen LogP contribution is -2.45. The highest BCUT2D eigenvalue weighted by atomic mass is 16.6. The molecule has 2 aromatic rings. The first-order valence-corrected chi connectivity index (χ1v) is 10.5. The minimum atomic E-state index is -0.0335. The van der Waals surface area contributed by atoms with Gasteiger partial charge < -0.3 is 25.0 Å². The molecule has 2 N–H and O–H groups in total. The van der Waals surface area contributed by atoms with Gasteiger partial charge in [0.1, 0.15) is 12.7 Å². The molecule has 29 heavy (non-hydrogen) atoms. The number of nitrogens with zero attached hydrogens (tertiary/aromatic N) is 2. The van der Waals surface area contributed by atoms with E-state index in [2.05, 4.69) is 52.8 Å². The van der Waals surface area contributed by atoms with Gasteiger partial charge in [-0.3, -0.25) is 4.99 Å². The van der Waals surface area contributed by atoms with Gasteiger partial charge in [-0.2, -0.15) is 0 Å². The molecule has 1 fully saturated rings. The fourth-order valence-electron chi connectivity index (χ4n) is 3.79. The maximum atomic E-state index is 6.02. The number of guanidine groups is 1. The first kappa shape index (κ1) is 19.4. The fourth-order valence-corrected chi connectivity index (χ4v) is 3.79. The predicted molar refractivity (Wildman–Crippen MR) is 117 cm³/mol. The molecular formula is C23H30N4O2. The first-order valence-electron chi connectivity index (χ1n) is 10.5. The Bertz CT molecular complexity index is 812. The monoisotopic (exact) mass is 394 g/mol. The molecule has 4 rings (SSSR count). The number of nitrogens with one attached hydrogen (secondary N) is 2. The number of aliphatic imine (C=N–C) groups is 1. The van der Waals surface area contributed by atoms with Crippen LogP contribution in [0.3, 0.4) is 0 Å². The van der Waals surface area contributed by atoms with Crippen LogP contribution in [0.1, 0.15) is 13.3 Å². The number of benzene rings is 2. The van der Waals surface area contributed by atoms with Gasteiger partial charge in [-0.25, -0.2) is 0 Å². The van der Waals surface area contributed by atoms with Crippen molar-refractivity contribution in [2.75, 3.05) is 44.2 Å². The van der Waals surface area contributed by atoms with Gasteiger partial charge >= 0.3 is 0 Å². The molecule has 2 aromatic carbocycles. The standard InChI is InChI=1S/C23H30N4O2/c1-2-24-23(26-15-20-17-28-21-10-6-7-11-22(21)29-20)25-14-18-12-13-27(16-18)19-8-4-3-5-9-19/h3-11,18,20H,2,12-17H2,1H3,(H2,24,25,26). The SMILES string of the molecule is CCNC(=NCC1CCN(c2ccccc2)C1)NCC1COc2ccccc2O1. The highest BCUT2D eigenvalue weighted by Crippen LogP contribution is 2.30. The second-order valence-electron chi connectivity index (χ2n) is 7.53. The second-order valence-corrected chi connectivity index (χ2v) is 7.53. The lowest BCUT2D eigenvalue weighted by Gasteiger charge is -2.27. The topological polar surface area (TPSA) is 58.1 Å². The van der Waals surface area contributed by atoms with Crippen molar-refractivity contribution in [3.63, 3.8) is 0 Å². The van der Waals surface area contributed by atoms with Gasteiger partial charge in [-0.1, -0.05) is 30.3 Å². The van der Waals surface area contributed by atoms with E-state index in [1.807, 2.05) is 24.3 Å². The van der Waals surface area contributed by atoms with Crippen LogP contribution in [0.2, 0.25) is 0 Å². The Hall–Kier alpha value is -2.89. The molecule has 2 aliphatic rings. The van der Waals surface area contributed by atoms with Gasteiger partial charge in [0.2, 0.25) is 0 Å². The van der Waals surface area contributed by atoms with Gasteiger partial charge in [0, 0.05) is 31.9 Å². The van der Waals surface area contributed by atoms with Crippen LogP contribution >= 0.6 is 0 Å². The Kier molecular flexibility index (Phi) is 6.39. The lowest BCUT2D eigenvalue weighted by molar-refractivity contribution is 0.0936. The Morgan fingerprint density at radius 1 is 1.07 bits per heavy atom. The highest BCUT2D eigenvalue weighted by molar-refractivity contribution is 5.79. The molecule has 1 saturated heterocycles. The van der Waals surface area contributed by atoms with Gasteiger partial charge in [0.15, 0.2) is 17.5 Å². The normalized spacial score (nSPS) is 21.1. The number of anilines is 1. The van der Waals surface area contributed by atoms with E-state index in [0.29, 0.717) is 19.1 Å². The summed E-state index contributed by atoms with van der Waals surface area (Å²) >= 11 is 0. The van der Waals surface area contributed by atoms with E-state index in [1.54, 1.807) is 0 Å². The third-order valence-corrected chi connectivity index (χ3v) is 5.32. The van der Waals surface area contributed by atoms with Crippen molar-refractivity contribution in [2.24, 2.45) is 10.9 Å². The summed E-state index contributed by atoms with van der Waals surface area (Å²) in [6.07, 6.45) is 1.14. The van der Waals surface area contributed by atoms with E-state index in [0.717, 1.165) is 43.6 Å². The maximum absolute atomic E-state index is 6.02. The summed E-state index contributed by atoms with van der Waals surface area (Å²) in [5.74, 6) is 3.04. The predicted octanol–water partition coefficient (Wildman–Crippen LogP) is 2.91. The zero-order valence-corrected chi connectivity index (χ0v) is 17.0. The van der Waals surface area contributed by atoms with E-state index in [4.69, 9.17) is 14.5 Å². The number of rotatable bonds is 6. The van der Waals surface area contributed by atoms with Gasteiger partial charge in [-0.15, -0.1) is 0 Å². The molecule has 154 valence electrons. The fraction of sp³-hybridized carbons (Fsp3) is 0.435. The molecule has 0 aromatic heterocycles. The quantitative estimate of drug-likeness (QED) is 0.583. The van der Waals surface area contributed by atoms with Crippen LogP contribution in [-0.4, -0.2) is 51.4 Å². The maximum Gasteiger partial charge on any atom is 0.191 e. The van der Waals surface area contributed by atoms with E-state index in [9.17, 15) is 0 Å². The molecule has 0 spiro atoms. The smallest absolute Gasteiger partial charge is 0.191 e. The molecule has 2 unspecified atom stereocenters. The van der Waals surface area contributed by atoms with Crippen molar-refractivity contribution < 1.29 is 9.47 Å². The Morgan fingerprint density at radius 2 is 1.86 bits per heavy atom. The molecule has 0 saturated carbocycles. The molecule has 2 heterocycles. The average Bonchev–Trinajstić information content (AvgIpc) is 3.25. The van der Waals surface area contributed by atoms with Crippen LogP contribution < -0.4 is 25.0 Å². The van der Waals surface area contributed by atoms with Crippen molar-refractivity contribution in [3.8, 4) is 11.5 Å². The molecule has 0 aliphatic carbocycles. The Balaban J connectivity index is 1.27. The van der Waals surface area contributed by atoms with Gasteiger partial charge in [-0.05, 0) is 43.5 Å². The van der Waals surface area contributed by atoms with Crippen molar-refractivity contribution in [1.82, 2.24) is 10.6 Å². The summed E-state index contributed by atoms with van der Waals surface area (Å²) in [6.45, 7) is 7.09. The molecular weight excluding hydrogens is 364 g/mol. The third-order valence-electron chi connectivity index (χ3n) is 5.32. The van der Waals surface area contributed by atoms with Crippen LogP contribution in [0, 0.1) is 5.92 Å². The third kappa shape index (κ3) is 5.13. The highest BCUT2D eigenvalue weighted by Gasteiger charge is 2.23. The number of ether oxygens (including phenoxy) is 2. The molecule has 6 heteroatoms. The number of hydrogen-bond acceptors (Lipinski definition) is 4. The molecule has 0 bridgehead atoms. The molecule has 2 atom stereocenters. The molecule has 6 nitrogen and oxygen atoms in total. The minimum Gasteiger partial charge on any atom is -0.486 e. The van der Waals surface area contributed by atoms with Crippen LogP contribution in [-0.2, 0) is 0 Å². The first-order chi connectivity index (χ1) is 14.3. The van der Waals surface area contributed by atoms with E-state index in [-0.39, 0.29) is 6.10 Å². The summed E-state index contributed by atoms with van der Waals surface area (Å²) < 4.78 is 11.8. The summed E-state index contributed by atoms with van der Waals surface area (Å²) in [6, 6.07) is 18.4. The van der Waals surface area contributed by atoms with Crippen LogP contribution in [0.5, 0.6) is 11.5 Å². The van der Waals surface area contributed by atoms with Crippen molar-refractivity contribution in [2.45, 2.75) is 19.4 Å². The minimum absolute atomic E-state index is 0.0335. The Morgan fingerprint density at radius 3 is 2.69 bits per heavy atom. The number of fused-ring (bicyclic) bond motifs is 1. The molecule has 0 amide bonds. The van der Waals surface area contributed by atoms with Crippen molar-refractivity contribution in [1.29, 1.82) is 0 Å². The second kappa shape index (κ2) is 9.54. The summed E-state index contributed by atoms with van der Waals surface area (Å²) in [7, 11) is 0. The zero-order chi connectivity index (χ0) is 19.9. The summed E-state index contributed by atoms with van der Waals surface area (Å²) in [4.78, 5) is 7.27. The van der Waals surface area contributed by atoms with Crippen molar-refractivity contribution in [3.05, 3.63) is 54.6 Å². The Labute approximate surface area is 172 Å². The largest absolute Gasteiger partial charge is 0.486 e. The lowest BCUT2D eigenvalue weighted by atomic mass is 10.1. The average molecular weight is 395 g/mol. The van der Waals surface area contributed by atoms with Crippen LogP contribution in [0.4, 0.5) is 5.69 Å². The van der Waals surface area contributed by atoms with E-state index >= 15 is 0 Å². The summed E-state index contributed by atoms with van der Waals surface area (Å²) in [5, 5.41) is 6.75. The number of hydrogen-bond donors (Lipinski definition) is 2. The molecule has 2 aliphatic heterocycles. The van der Waals surface area contributed by atoms with Crippen LogP contribution in [0.25, 0.3) is 0 Å². The van der Waals surface area contributed by atoms with E-state index < -0.39 is 0 Å². The van der Waals surface area contributed by atoms with E-state index in [1.165, 1.54) is 12.1 Å². The van der Waals surface area contributed by atoms with Crippen LogP contribution in [0.15, 0.2) is 59.6 Å². The van der Waals surface area contributed by atoms with Gasteiger partial charge in [0.05, 0.1) is 6.54 Å². The molecule has 0 radical (unpaired) electrons. The zero-order valence-electron chi connectivity index (χ0n) is 17.0.